The van der Waals surface area contributed by atoms with Gasteiger partial charge in [0.15, 0.2) is 31.0 Å². The van der Waals surface area contributed by atoms with Crippen LogP contribution in [0.3, 0.4) is 0 Å². The van der Waals surface area contributed by atoms with Gasteiger partial charge < -0.3 is 29.2 Å². The van der Waals surface area contributed by atoms with Crippen LogP contribution in [0.2, 0.25) is 0 Å². The molecule has 2 N–H and O–H groups in total. The van der Waals surface area contributed by atoms with Crippen molar-refractivity contribution in [2.45, 2.75) is 50.3 Å². The number of aliphatic hydroxyl groups excluding tert-OH is 2. The van der Waals surface area contributed by atoms with Crippen molar-refractivity contribution < 1.29 is 38.3 Å². The second kappa shape index (κ2) is 5.29. The molecule has 0 aliphatic carbocycles. The van der Waals surface area contributed by atoms with Gasteiger partial charge in [-0.15, -0.1) is 0 Å². The summed E-state index contributed by atoms with van der Waals surface area (Å²) < 4.78 is 33.3. The molecule has 19 heavy (non-hydrogen) atoms. The highest BCUT2D eigenvalue weighted by molar-refractivity contribution is 5.70. The number of alkyl halides is 1. The fourth-order valence-electron chi connectivity index (χ4n) is 2.21. The summed E-state index contributed by atoms with van der Waals surface area (Å²) >= 11 is 0. The zero-order valence-corrected chi connectivity index (χ0v) is 10.6. The van der Waals surface area contributed by atoms with E-state index in [1.807, 2.05) is 0 Å². The average molecular weight is 280 g/mol. The minimum Gasteiger partial charge on any atom is -0.455 e. The van der Waals surface area contributed by atoms with E-state index in [2.05, 4.69) is 0 Å². The van der Waals surface area contributed by atoms with Gasteiger partial charge in [-0.3, -0.25) is 0 Å². The molecule has 0 saturated carbocycles. The Morgan fingerprint density at radius 3 is 2.68 bits per heavy atom. The van der Waals surface area contributed by atoms with Crippen LogP contribution in [0.1, 0.15) is 13.8 Å². The molecule has 0 bridgehead atoms. The van der Waals surface area contributed by atoms with Crippen molar-refractivity contribution in [3.05, 3.63) is 0 Å². The highest BCUT2D eigenvalue weighted by Crippen LogP contribution is 2.37. The summed E-state index contributed by atoms with van der Waals surface area (Å²) in [7, 11) is 0. The summed E-state index contributed by atoms with van der Waals surface area (Å²) in [5.41, 5.74) is 0. The van der Waals surface area contributed by atoms with Crippen LogP contribution in [-0.2, 0) is 23.7 Å². The van der Waals surface area contributed by atoms with Crippen LogP contribution in [0.4, 0.5) is 4.39 Å². The summed E-state index contributed by atoms with van der Waals surface area (Å²) in [4.78, 5) is 11.1. The lowest BCUT2D eigenvalue weighted by atomic mass is 9.99. The molecule has 0 aromatic rings. The van der Waals surface area contributed by atoms with Gasteiger partial charge in [-0.1, -0.05) is 0 Å². The summed E-state index contributed by atoms with van der Waals surface area (Å²) in [6, 6.07) is 0. The third-order valence-electron chi connectivity index (χ3n) is 2.99. The van der Waals surface area contributed by atoms with Gasteiger partial charge >= 0.3 is 5.97 Å². The average Bonchev–Trinajstić information content (AvgIpc) is 2.66. The van der Waals surface area contributed by atoms with Gasteiger partial charge in [0.1, 0.15) is 12.2 Å². The molecule has 0 aromatic carbocycles. The minimum atomic E-state index is -1.32. The quantitative estimate of drug-likeness (QED) is 0.647. The van der Waals surface area contributed by atoms with Gasteiger partial charge in [0.25, 0.3) is 0 Å². The van der Waals surface area contributed by atoms with E-state index in [4.69, 9.17) is 24.1 Å². The number of hydrogen-bond donors (Lipinski definition) is 2. The minimum absolute atomic E-state index is 0.488. The maximum absolute atomic E-state index is 12.2. The monoisotopic (exact) mass is 280 g/mol. The number of carbonyl (C=O) groups is 1. The number of carbonyl (C=O) groups excluding carboxylic acids is 1. The van der Waals surface area contributed by atoms with E-state index in [0.29, 0.717) is 0 Å². The predicted molar refractivity (Wildman–Crippen MR) is 57.6 cm³/mol. The smallest absolute Gasteiger partial charge is 0.338 e. The highest BCUT2D eigenvalue weighted by atomic mass is 19.1. The molecule has 0 radical (unpaired) electrons. The lowest BCUT2D eigenvalue weighted by molar-refractivity contribution is -0.261. The van der Waals surface area contributed by atoms with Crippen LogP contribution < -0.4 is 0 Å². The fourth-order valence-corrected chi connectivity index (χ4v) is 2.21. The van der Waals surface area contributed by atoms with Gasteiger partial charge in [0.05, 0.1) is 6.61 Å². The summed E-state index contributed by atoms with van der Waals surface area (Å²) in [6.45, 7) is 1.46. The van der Waals surface area contributed by atoms with E-state index in [0.717, 1.165) is 0 Å². The number of halogens is 1. The van der Waals surface area contributed by atoms with E-state index in [1.165, 1.54) is 0 Å². The molecule has 8 heteroatoms. The van der Waals surface area contributed by atoms with E-state index in [9.17, 15) is 14.3 Å². The predicted octanol–water partition coefficient (Wildman–Crippen LogP) is -0.903. The third-order valence-corrected chi connectivity index (χ3v) is 2.99. The first-order valence-corrected chi connectivity index (χ1v) is 5.93. The van der Waals surface area contributed by atoms with Crippen LogP contribution in [0.15, 0.2) is 0 Å². The van der Waals surface area contributed by atoms with E-state index in [-0.39, 0.29) is 0 Å². The van der Waals surface area contributed by atoms with Crippen molar-refractivity contribution in [3.63, 3.8) is 0 Å². The van der Waals surface area contributed by atoms with Crippen molar-refractivity contribution in [1.29, 1.82) is 0 Å². The van der Waals surface area contributed by atoms with Gasteiger partial charge in [0.2, 0.25) is 0 Å². The number of hydrogen-bond acceptors (Lipinski definition) is 7. The molecule has 2 heterocycles. The normalized spacial score (nSPS) is 40.8. The van der Waals surface area contributed by atoms with Crippen molar-refractivity contribution in [1.82, 2.24) is 0 Å². The number of rotatable bonds is 3. The molecule has 0 amide bonds. The Morgan fingerprint density at radius 2 is 2.11 bits per heavy atom. The van der Waals surface area contributed by atoms with Crippen molar-refractivity contribution in [2.75, 3.05) is 13.3 Å². The van der Waals surface area contributed by atoms with Crippen LogP contribution in [0.5, 0.6) is 0 Å². The molecule has 2 aliphatic rings. The van der Waals surface area contributed by atoms with Crippen molar-refractivity contribution in [3.8, 4) is 0 Å². The van der Waals surface area contributed by atoms with Crippen LogP contribution in [-0.4, -0.2) is 66.0 Å². The third kappa shape index (κ3) is 2.87. The zero-order chi connectivity index (χ0) is 14.2. The molecule has 0 aromatic heterocycles. The zero-order valence-electron chi connectivity index (χ0n) is 10.6. The maximum atomic E-state index is 12.2. The first kappa shape index (κ1) is 14.6. The van der Waals surface area contributed by atoms with Gasteiger partial charge in [0, 0.05) is 0 Å². The van der Waals surface area contributed by atoms with Crippen LogP contribution >= 0.6 is 0 Å². The Labute approximate surface area is 109 Å². The number of ether oxygens (including phenoxy) is 4. The molecule has 0 spiro atoms. The molecule has 2 rings (SSSR count). The standard InChI is InChI=1S/C11H17FO7/c1-11(2)18-9-8(17-6(14)3-12)7(15)5(4-13)16-10(9)19-11/h5,7-10,13,15H,3-4H2,1-2H3/t5-,7+,8+,9-,10+/m0/s1. The Balaban J connectivity index is 2.18. The van der Waals surface area contributed by atoms with Gasteiger partial charge in [-0.2, -0.15) is 0 Å². The Morgan fingerprint density at radius 1 is 1.42 bits per heavy atom. The van der Waals surface area contributed by atoms with Crippen LogP contribution in [0.25, 0.3) is 0 Å². The molecular formula is C11H17FO7. The molecule has 2 aliphatic heterocycles. The Kier molecular flexibility index (Phi) is 4.07. The largest absolute Gasteiger partial charge is 0.455 e. The van der Waals surface area contributed by atoms with Crippen LogP contribution in [0, 0.1) is 0 Å². The lowest BCUT2D eigenvalue weighted by Crippen LogP contribution is -2.59. The summed E-state index contributed by atoms with van der Waals surface area (Å²) in [5, 5.41) is 19.1. The van der Waals surface area contributed by atoms with Gasteiger partial charge in [-0.25, -0.2) is 9.18 Å². The van der Waals surface area contributed by atoms with E-state index < -0.39 is 55.7 Å². The SMILES string of the molecule is CC1(C)O[C@H]2O[C@@H](CO)[C@@H](O)[C@@H](OC(=O)CF)[C@@H]2O1. The maximum Gasteiger partial charge on any atom is 0.338 e. The van der Waals surface area contributed by atoms with E-state index in [1.54, 1.807) is 13.8 Å². The molecule has 5 atom stereocenters. The van der Waals surface area contributed by atoms with E-state index >= 15 is 0 Å². The molecule has 2 fully saturated rings. The number of aliphatic hydroxyl groups is 2. The second-order valence-electron chi connectivity index (χ2n) is 4.90. The highest BCUT2D eigenvalue weighted by Gasteiger charge is 2.55. The lowest BCUT2D eigenvalue weighted by Gasteiger charge is -2.38. The molecule has 7 nitrogen and oxygen atoms in total. The molecular weight excluding hydrogens is 263 g/mol. The topological polar surface area (TPSA) is 94.5 Å². The summed E-state index contributed by atoms with van der Waals surface area (Å²) in [6.07, 6.45) is -5.23. The fraction of sp³-hybridized carbons (Fsp3) is 0.909. The second-order valence-corrected chi connectivity index (χ2v) is 4.90. The first-order chi connectivity index (χ1) is 8.88. The Hall–Kier alpha value is -0.800. The van der Waals surface area contributed by atoms with Crippen molar-refractivity contribution >= 4 is 5.97 Å². The number of esters is 1. The molecule has 2 saturated heterocycles. The Bertz CT molecular complexity index is 348. The van der Waals surface area contributed by atoms with Crippen molar-refractivity contribution in [2.24, 2.45) is 0 Å². The molecule has 0 unspecified atom stereocenters. The summed E-state index contributed by atoms with van der Waals surface area (Å²) in [5.74, 6) is -2.10. The molecule has 110 valence electrons. The number of fused-ring (bicyclic) bond motifs is 1. The van der Waals surface area contributed by atoms with Gasteiger partial charge in [-0.05, 0) is 13.8 Å². The first-order valence-electron chi connectivity index (χ1n) is 5.93.